The molecule has 3 heterocycles. The molecule has 0 aliphatic carbocycles. The zero-order valence-electron chi connectivity index (χ0n) is 17.0. The van der Waals surface area contributed by atoms with Crippen LogP contribution in [0.2, 0.25) is 0 Å². The number of nitriles is 1. The summed E-state index contributed by atoms with van der Waals surface area (Å²) >= 11 is 0. The summed E-state index contributed by atoms with van der Waals surface area (Å²) in [6.07, 6.45) is 4.38. The fourth-order valence-corrected chi connectivity index (χ4v) is 5.08. The van der Waals surface area contributed by atoms with Crippen molar-refractivity contribution >= 4 is 32.5 Å². The van der Waals surface area contributed by atoms with Crippen LogP contribution in [0.25, 0.3) is 10.9 Å². The van der Waals surface area contributed by atoms with E-state index in [1.165, 1.54) is 10.6 Å². The number of hydrogen-bond acceptors (Lipinski definition) is 6. The number of anilines is 1. The Kier molecular flexibility index (Phi) is 5.62. The van der Waals surface area contributed by atoms with Crippen LogP contribution >= 0.6 is 0 Å². The van der Waals surface area contributed by atoms with E-state index in [9.17, 15) is 18.5 Å². The highest BCUT2D eigenvalue weighted by Gasteiger charge is 2.30. The second-order valence-corrected chi connectivity index (χ2v) is 9.86. The van der Waals surface area contributed by atoms with E-state index in [2.05, 4.69) is 16.0 Å². The maximum absolute atomic E-state index is 13.4. The van der Waals surface area contributed by atoms with Crippen molar-refractivity contribution in [1.29, 1.82) is 5.26 Å². The number of rotatable bonds is 3. The molecule has 0 spiro atoms. The van der Waals surface area contributed by atoms with Crippen molar-refractivity contribution in [2.45, 2.75) is 12.8 Å². The minimum absolute atomic E-state index is 0.0533. The maximum atomic E-state index is 13.4. The highest BCUT2D eigenvalue weighted by Crippen LogP contribution is 2.33. The molecule has 2 saturated heterocycles. The number of piperazine rings is 1. The number of hydrogen-bond donors (Lipinski definition) is 0. The monoisotopic (exact) mass is 427 g/mol. The van der Waals surface area contributed by atoms with Gasteiger partial charge in [0.1, 0.15) is 0 Å². The third-order valence-corrected chi connectivity index (χ3v) is 7.27. The number of carbonyl (C=O) groups excluding carboxylic acids is 1. The average Bonchev–Trinajstić information content (AvgIpc) is 2.77. The first-order valence-corrected chi connectivity index (χ1v) is 12.0. The molecule has 1 aromatic carbocycles. The Morgan fingerprint density at radius 1 is 1.10 bits per heavy atom. The van der Waals surface area contributed by atoms with Gasteiger partial charge in [0.15, 0.2) is 0 Å². The number of carbonyl (C=O) groups is 1. The molecular formula is C21H25N5O3S. The number of para-hydroxylation sites is 1. The lowest BCUT2D eigenvalue weighted by Crippen LogP contribution is -2.50. The van der Waals surface area contributed by atoms with Crippen molar-refractivity contribution in [1.82, 2.24) is 14.2 Å². The van der Waals surface area contributed by atoms with Crippen LogP contribution in [0.4, 0.5) is 5.69 Å². The molecule has 2 aliphatic rings. The van der Waals surface area contributed by atoms with Gasteiger partial charge in [-0.15, -0.1) is 0 Å². The second-order valence-electron chi connectivity index (χ2n) is 7.88. The predicted molar refractivity (Wildman–Crippen MR) is 115 cm³/mol. The van der Waals surface area contributed by atoms with Crippen molar-refractivity contribution in [3.63, 3.8) is 0 Å². The smallest absolute Gasteiger partial charge is 0.257 e. The lowest BCUT2D eigenvalue weighted by atomic mass is 9.96. The third-order valence-electron chi connectivity index (χ3n) is 5.97. The molecule has 4 rings (SSSR count). The Morgan fingerprint density at radius 3 is 2.40 bits per heavy atom. The molecule has 0 bridgehead atoms. The van der Waals surface area contributed by atoms with Gasteiger partial charge in [-0.1, -0.05) is 18.2 Å². The first-order chi connectivity index (χ1) is 14.4. The molecule has 2 aliphatic heterocycles. The quantitative estimate of drug-likeness (QED) is 0.739. The number of aromatic nitrogens is 1. The zero-order chi connectivity index (χ0) is 21.3. The van der Waals surface area contributed by atoms with E-state index in [1.54, 1.807) is 11.1 Å². The number of fused-ring (bicyclic) bond motifs is 1. The minimum atomic E-state index is -3.25. The molecule has 0 atom stereocenters. The van der Waals surface area contributed by atoms with Crippen molar-refractivity contribution in [3.8, 4) is 6.07 Å². The Balaban J connectivity index is 1.66. The van der Waals surface area contributed by atoms with Crippen LogP contribution in [-0.4, -0.2) is 74.0 Å². The fourth-order valence-electron chi connectivity index (χ4n) is 4.25. The summed E-state index contributed by atoms with van der Waals surface area (Å²) < 4.78 is 25.0. The SMILES string of the molecule is CS(=O)(=O)N1CCN(C(=O)c2cnc3ccccc3c2N2CCC(C#N)CC2)CC1. The lowest BCUT2D eigenvalue weighted by Gasteiger charge is -2.36. The molecule has 0 saturated carbocycles. The van der Waals surface area contributed by atoms with Gasteiger partial charge in [-0.3, -0.25) is 9.78 Å². The van der Waals surface area contributed by atoms with Crippen LogP contribution in [-0.2, 0) is 10.0 Å². The molecule has 8 nitrogen and oxygen atoms in total. The van der Waals surface area contributed by atoms with Crippen LogP contribution in [0.1, 0.15) is 23.2 Å². The Hall–Kier alpha value is -2.70. The van der Waals surface area contributed by atoms with Gasteiger partial charge in [-0.25, -0.2) is 8.42 Å². The molecule has 1 aromatic heterocycles. The summed E-state index contributed by atoms with van der Waals surface area (Å²) in [5.41, 5.74) is 2.23. The van der Waals surface area contributed by atoms with E-state index < -0.39 is 10.0 Å². The number of pyridine rings is 1. The van der Waals surface area contributed by atoms with E-state index in [0.717, 1.165) is 29.4 Å². The van der Waals surface area contributed by atoms with Crippen LogP contribution in [0, 0.1) is 17.2 Å². The topological polar surface area (TPSA) is 97.6 Å². The first kappa shape index (κ1) is 20.6. The number of sulfonamides is 1. The zero-order valence-corrected chi connectivity index (χ0v) is 17.8. The Labute approximate surface area is 176 Å². The van der Waals surface area contributed by atoms with Gasteiger partial charge in [-0.05, 0) is 18.9 Å². The summed E-state index contributed by atoms with van der Waals surface area (Å²) in [5.74, 6) is -0.0728. The Morgan fingerprint density at radius 2 is 1.77 bits per heavy atom. The van der Waals surface area contributed by atoms with Crippen LogP contribution in [0.3, 0.4) is 0 Å². The van der Waals surface area contributed by atoms with E-state index in [-0.39, 0.29) is 11.8 Å². The number of benzene rings is 1. The molecular weight excluding hydrogens is 402 g/mol. The normalized spacial score (nSPS) is 19.1. The van der Waals surface area contributed by atoms with Crippen molar-refractivity contribution in [3.05, 3.63) is 36.0 Å². The molecule has 0 unspecified atom stereocenters. The molecule has 2 fully saturated rings. The van der Waals surface area contributed by atoms with Gasteiger partial charge in [-0.2, -0.15) is 9.57 Å². The van der Waals surface area contributed by atoms with E-state index in [4.69, 9.17) is 0 Å². The van der Waals surface area contributed by atoms with Gasteiger partial charge < -0.3 is 9.80 Å². The largest absolute Gasteiger partial charge is 0.370 e. The number of nitrogens with zero attached hydrogens (tertiary/aromatic N) is 5. The van der Waals surface area contributed by atoms with E-state index >= 15 is 0 Å². The van der Waals surface area contributed by atoms with Gasteiger partial charge in [0.2, 0.25) is 10.0 Å². The molecule has 0 radical (unpaired) electrons. The first-order valence-electron chi connectivity index (χ1n) is 10.1. The van der Waals surface area contributed by atoms with Gasteiger partial charge >= 0.3 is 0 Å². The van der Waals surface area contributed by atoms with E-state index in [0.29, 0.717) is 44.8 Å². The minimum Gasteiger partial charge on any atom is -0.370 e. The predicted octanol–water partition coefficient (Wildman–Crippen LogP) is 1.69. The summed E-state index contributed by atoms with van der Waals surface area (Å²) in [6.45, 7) is 2.75. The lowest BCUT2D eigenvalue weighted by molar-refractivity contribution is 0.0698. The second kappa shape index (κ2) is 8.20. The van der Waals surface area contributed by atoms with Crippen molar-refractivity contribution in [2.75, 3.05) is 50.4 Å². The molecule has 158 valence electrons. The summed E-state index contributed by atoms with van der Waals surface area (Å²) in [4.78, 5) is 21.8. The Bertz CT molecular complexity index is 1100. The highest BCUT2D eigenvalue weighted by atomic mass is 32.2. The van der Waals surface area contributed by atoms with Gasteiger partial charge in [0.25, 0.3) is 5.91 Å². The van der Waals surface area contributed by atoms with Crippen LogP contribution in [0.5, 0.6) is 0 Å². The molecule has 9 heteroatoms. The number of amides is 1. The molecule has 2 aromatic rings. The van der Waals surface area contributed by atoms with Crippen LogP contribution < -0.4 is 4.90 Å². The molecule has 0 N–H and O–H groups in total. The number of piperidine rings is 1. The van der Waals surface area contributed by atoms with Crippen LogP contribution in [0.15, 0.2) is 30.5 Å². The van der Waals surface area contributed by atoms with Crippen molar-refractivity contribution in [2.24, 2.45) is 5.92 Å². The van der Waals surface area contributed by atoms with Gasteiger partial charge in [0, 0.05) is 56.8 Å². The maximum Gasteiger partial charge on any atom is 0.257 e. The summed E-state index contributed by atoms with van der Waals surface area (Å²) in [6, 6.07) is 10.1. The van der Waals surface area contributed by atoms with Crippen molar-refractivity contribution < 1.29 is 13.2 Å². The van der Waals surface area contributed by atoms with E-state index in [1.807, 2.05) is 24.3 Å². The standard InChI is InChI=1S/C21H25N5O3S/c1-30(28,29)26-12-10-25(11-13-26)21(27)18-15-23-19-5-3-2-4-17(19)20(18)24-8-6-16(14-22)7-9-24/h2-5,15-16H,6-13H2,1H3. The third kappa shape index (κ3) is 3.98. The van der Waals surface area contributed by atoms with Gasteiger partial charge in [0.05, 0.1) is 29.1 Å². The molecule has 1 amide bonds. The summed E-state index contributed by atoms with van der Waals surface area (Å²) in [5, 5.41) is 10.1. The molecule has 30 heavy (non-hydrogen) atoms. The highest BCUT2D eigenvalue weighted by molar-refractivity contribution is 7.88. The average molecular weight is 428 g/mol. The fraction of sp³-hybridized carbons (Fsp3) is 0.476. The summed E-state index contributed by atoms with van der Waals surface area (Å²) in [7, 11) is -3.25.